The van der Waals surface area contributed by atoms with Gasteiger partial charge in [-0.05, 0) is 34.4 Å². The lowest BCUT2D eigenvalue weighted by atomic mass is 9.92. The van der Waals surface area contributed by atoms with Gasteiger partial charge in [-0.15, -0.1) is 11.3 Å². The van der Waals surface area contributed by atoms with E-state index in [1.807, 2.05) is 22.2 Å². The van der Waals surface area contributed by atoms with Gasteiger partial charge in [-0.3, -0.25) is 4.79 Å². The minimum atomic E-state index is -0.146. The fraction of sp³-hybridized carbons (Fsp3) is 0.300. The highest BCUT2D eigenvalue weighted by atomic mass is 32.1. The van der Waals surface area contributed by atoms with Crippen LogP contribution in [0.15, 0.2) is 40.4 Å². The van der Waals surface area contributed by atoms with E-state index in [9.17, 15) is 4.79 Å². The summed E-state index contributed by atoms with van der Waals surface area (Å²) in [5, 5.41) is 9.90. The van der Waals surface area contributed by atoms with Crippen LogP contribution in [-0.4, -0.2) is 10.9 Å². The van der Waals surface area contributed by atoms with Crippen LogP contribution in [0.5, 0.6) is 0 Å². The van der Waals surface area contributed by atoms with Gasteiger partial charge in [-0.25, -0.2) is 4.98 Å². The first-order chi connectivity index (χ1) is 12.0. The number of nitrogens with one attached hydrogen (secondary N) is 1. The van der Waals surface area contributed by atoms with Crippen LogP contribution >= 0.6 is 22.7 Å². The van der Waals surface area contributed by atoms with Gasteiger partial charge in [0.1, 0.15) is 10.7 Å². The number of thiophene rings is 1. The molecule has 0 aliphatic heterocycles. The predicted molar refractivity (Wildman–Crippen MR) is 108 cm³/mol. The average Bonchev–Trinajstić information content (AvgIpc) is 3.25. The molecule has 1 amide bonds. The summed E-state index contributed by atoms with van der Waals surface area (Å²) in [6.07, 6.45) is 0. The molecule has 0 aliphatic carbocycles. The molecular weight excluding hydrogens is 348 g/mol. The Morgan fingerprint density at radius 1 is 1.04 bits per heavy atom. The smallest absolute Gasteiger partial charge is 0.275 e. The summed E-state index contributed by atoms with van der Waals surface area (Å²) in [5.41, 5.74) is 4.79. The third-order valence-corrected chi connectivity index (χ3v) is 5.69. The van der Waals surface area contributed by atoms with Gasteiger partial charge in [0.25, 0.3) is 5.91 Å². The molecule has 0 aliphatic rings. The maximum atomic E-state index is 12.8. The van der Waals surface area contributed by atoms with Gasteiger partial charge in [0, 0.05) is 22.0 Å². The lowest BCUT2D eigenvalue weighted by Gasteiger charge is -2.19. The van der Waals surface area contributed by atoms with Gasteiger partial charge in [0.05, 0.1) is 0 Å². The van der Waals surface area contributed by atoms with Crippen LogP contribution in [0.2, 0.25) is 0 Å². The fourth-order valence-corrected chi connectivity index (χ4v) is 4.28. The molecule has 0 unspecified atom stereocenters. The number of thiazole rings is 1. The first kappa shape index (κ1) is 17.8. The molecule has 0 radical (unpaired) electrons. The predicted octanol–water partition coefficient (Wildman–Crippen LogP) is 6.37. The topological polar surface area (TPSA) is 42.0 Å². The minimum Gasteiger partial charge on any atom is -0.320 e. The first-order valence-electron chi connectivity index (χ1n) is 8.39. The Labute approximate surface area is 156 Å². The lowest BCUT2D eigenvalue weighted by molar-refractivity contribution is 0.102. The highest BCUT2D eigenvalue weighted by Gasteiger charge is 2.18. The molecule has 25 heavy (non-hydrogen) atoms. The van der Waals surface area contributed by atoms with Crippen LogP contribution in [0.1, 0.15) is 61.1 Å². The number of carbonyl (C=O) groups is 1. The maximum Gasteiger partial charge on any atom is 0.275 e. The number of hydrogen-bond donors (Lipinski definition) is 1. The van der Waals surface area contributed by atoms with Gasteiger partial charge >= 0.3 is 0 Å². The van der Waals surface area contributed by atoms with Crippen molar-refractivity contribution in [3.05, 3.63) is 57.2 Å². The molecule has 1 N–H and O–H groups in total. The van der Waals surface area contributed by atoms with E-state index in [-0.39, 0.29) is 5.91 Å². The maximum absolute atomic E-state index is 12.8. The van der Waals surface area contributed by atoms with Gasteiger partial charge in [0.15, 0.2) is 0 Å². The zero-order valence-corrected chi connectivity index (χ0v) is 16.5. The molecule has 0 saturated carbocycles. The van der Waals surface area contributed by atoms with Crippen LogP contribution in [0, 0.1) is 0 Å². The van der Waals surface area contributed by atoms with Crippen molar-refractivity contribution in [1.29, 1.82) is 0 Å². The molecule has 0 saturated heterocycles. The first-order valence-corrected chi connectivity index (χ1v) is 10.2. The molecule has 0 fully saturated rings. The van der Waals surface area contributed by atoms with E-state index < -0.39 is 0 Å². The van der Waals surface area contributed by atoms with Crippen molar-refractivity contribution < 1.29 is 4.79 Å². The highest BCUT2D eigenvalue weighted by molar-refractivity contribution is 7.14. The zero-order chi connectivity index (χ0) is 18.0. The van der Waals surface area contributed by atoms with E-state index in [2.05, 4.69) is 56.2 Å². The monoisotopic (exact) mass is 370 g/mol. The number of hydrogen-bond acceptors (Lipinski definition) is 4. The number of benzene rings is 1. The molecule has 5 heteroatoms. The molecule has 1 aromatic carbocycles. The van der Waals surface area contributed by atoms with Crippen LogP contribution in [0.25, 0.3) is 10.6 Å². The van der Waals surface area contributed by atoms with Crippen LogP contribution in [0.4, 0.5) is 5.69 Å². The molecule has 0 bridgehead atoms. The summed E-state index contributed by atoms with van der Waals surface area (Å²) in [4.78, 5) is 17.3. The van der Waals surface area contributed by atoms with E-state index in [0.29, 0.717) is 17.5 Å². The summed E-state index contributed by atoms with van der Waals surface area (Å²) in [7, 11) is 0. The Balaban J connectivity index is 1.91. The number of carbonyl (C=O) groups excluding carboxylic acids is 1. The third kappa shape index (κ3) is 3.83. The van der Waals surface area contributed by atoms with Crippen LogP contribution in [-0.2, 0) is 0 Å². The van der Waals surface area contributed by atoms with Crippen molar-refractivity contribution in [2.45, 2.75) is 39.5 Å². The summed E-state index contributed by atoms with van der Waals surface area (Å²) in [5.74, 6) is 0.532. The van der Waals surface area contributed by atoms with E-state index >= 15 is 0 Å². The molecular formula is C20H22N2OS2. The zero-order valence-electron chi connectivity index (χ0n) is 14.9. The Bertz CT molecular complexity index is 837. The Morgan fingerprint density at radius 2 is 1.72 bits per heavy atom. The molecule has 3 aromatic rings. The molecule has 3 rings (SSSR count). The van der Waals surface area contributed by atoms with Crippen molar-refractivity contribution in [2.75, 3.05) is 5.32 Å². The van der Waals surface area contributed by atoms with Gasteiger partial charge in [-0.2, -0.15) is 11.3 Å². The fourth-order valence-electron chi connectivity index (χ4n) is 2.77. The number of rotatable bonds is 5. The summed E-state index contributed by atoms with van der Waals surface area (Å²) < 4.78 is 0. The van der Waals surface area contributed by atoms with E-state index in [1.54, 1.807) is 11.3 Å². The summed E-state index contributed by atoms with van der Waals surface area (Å²) in [6, 6.07) is 8.27. The van der Waals surface area contributed by atoms with Crippen molar-refractivity contribution in [3.63, 3.8) is 0 Å². The SMILES string of the molecule is CC(C)c1cccc(C(C)C)c1NC(=O)c1csc(-c2ccsc2)n1. The summed E-state index contributed by atoms with van der Waals surface area (Å²) >= 11 is 3.13. The molecule has 2 aromatic heterocycles. The van der Waals surface area contributed by atoms with Gasteiger partial charge in [0.2, 0.25) is 0 Å². The average molecular weight is 371 g/mol. The molecule has 3 nitrogen and oxygen atoms in total. The van der Waals surface area contributed by atoms with Crippen LogP contribution < -0.4 is 5.32 Å². The lowest BCUT2D eigenvalue weighted by Crippen LogP contribution is -2.16. The Morgan fingerprint density at radius 3 is 2.28 bits per heavy atom. The Hall–Kier alpha value is -1.98. The van der Waals surface area contributed by atoms with Crippen LogP contribution in [0.3, 0.4) is 0 Å². The Kier molecular flexibility index (Phi) is 5.35. The van der Waals surface area contributed by atoms with Gasteiger partial charge in [-0.1, -0.05) is 45.9 Å². The highest BCUT2D eigenvalue weighted by Crippen LogP contribution is 2.33. The number of amides is 1. The second kappa shape index (κ2) is 7.50. The second-order valence-corrected chi connectivity index (χ2v) is 8.26. The number of anilines is 1. The van der Waals surface area contributed by atoms with Crippen molar-refractivity contribution in [2.24, 2.45) is 0 Å². The third-order valence-electron chi connectivity index (χ3n) is 4.12. The van der Waals surface area contributed by atoms with E-state index in [0.717, 1.165) is 27.4 Å². The molecule has 0 spiro atoms. The standard InChI is InChI=1S/C20H22N2OS2/c1-12(2)15-6-5-7-16(13(3)4)18(15)22-19(23)17-11-25-20(21-17)14-8-9-24-10-14/h5-13H,1-4H3,(H,22,23). The number of aromatic nitrogens is 1. The largest absolute Gasteiger partial charge is 0.320 e. The quantitative estimate of drug-likeness (QED) is 0.567. The van der Waals surface area contributed by atoms with Crippen molar-refractivity contribution in [1.82, 2.24) is 4.98 Å². The molecule has 130 valence electrons. The second-order valence-electron chi connectivity index (χ2n) is 6.62. The molecule has 0 atom stereocenters. The summed E-state index contributed by atoms with van der Waals surface area (Å²) in [6.45, 7) is 8.58. The normalized spacial score (nSPS) is 11.3. The van der Waals surface area contributed by atoms with E-state index in [1.165, 1.54) is 11.3 Å². The van der Waals surface area contributed by atoms with Gasteiger partial charge < -0.3 is 5.32 Å². The number of para-hydroxylation sites is 1. The van der Waals surface area contributed by atoms with Crippen molar-refractivity contribution in [3.8, 4) is 10.6 Å². The van der Waals surface area contributed by atoms with Crippen molar-refractivity contribution >= 4 is 34.3 Å². The number of nitrogens with zero attached hydrogens (tertiary/aromatic N) is 1. The minimum absolute atomic E-state index is 0.146. The van der Waals surface area contributed by atoms with E-state index in [4.69, 9.17) is 0 Å². The molecule has 2 heterocycles.